The third-order valence-corrected chi connectivity index (χ3v) is 8.44. The summed E-state index contributed by atoms with van der Waals surface area (Å²) in [5.74, 6) is 1.65. The van der Waals surface area contributed by atoms with E-state index in [9.17, 15) is 4.79 Å². The van der Waals surface area contributed by atoms with Gasteiger partial charge in [0.15, 0.2) is 5.82 Å². The standard InChI is InChI=1S/C29H27ClN6O3S/c1-5-39-35-28-22-11-10-21(12-19(22)14-38-28)31-24(37)13-23-27-34-33-17(4)36(27)29-25(15(2)16(3)40-29)26(32-23)18-6-8-20(30)9-7-18/h6-12,23H,5,13-14H2,1-4H3,(H,31,37)/b35-28-/t23-/m0/s1. The second-order valence-electron chi connectivity index (χ2n) is 9.63. The lowest BCUT2D eigenvalue weighted by Crippen LogP contribution is -2.17. The summed E-state index contributed by atoms with van der Waals surface area (Å²) in [7, 11) is 0. The molecule has 11 heteroatoms. The summed E-state index contributed by atoms with van der Waals surface area (Å²) in [4.78, 5) is 24.9. The Morgan fingerprint density at radius 1 is 1.20 bits per heavy atom. The second kappa shape index (κ2) is 10.5. The van der Waals surface area contributed by atoms with Crippen LogP contribution in [0.2, 0.25) is 5.02 Å². The van der Waals surface area contributed by atoms with E-state index in [4.69, 9.17) is 26.2 Å². The molecule has 2 aromatic carbocycles. The molecule has 0 fully saturated rings. The van der Waals surface area contributed by atoms with Gasteiger partial charge < -0.3 is 14.9 Å². The number of hydrogen-bond acceptors (Lipinski definition) is 8. The van der Waals surface area contributed by atoms with Gasteiger partial charge in [-0.25, -0.2) is 0 Å². The highest BCUT2D eigenvalue weighted by atomic mass is 35.5. The van der Waals surface area contributed by atoms with E-state index in [-0.39, 0.29) is 12.3 Å². The van der Waals surface area contributed by atoms with E-state index in [0.29, 0.717) is 35.6 Å². The van der Waals surface area contributed by atoms with Crippen molar-refractivity contribution >= 4 is 46.1 Å². The molecule has 2 aromatic heterocycles. The van der Waals surface area contributed by atoms with Crippen molar-refractivity contribution in [3.63, 3.8) is 0 Å². The van der Waals surface area contributed by atoms with Crippen LogP contribution in [0, 0.1) is 20.8 Å². The van der Waals surface area contributed by atoms with Crippen LogP contribution in [0.4, 0.5) is 5.69 Å². The Balaban J connectivity index is 1.34. The number of hydrogen-bond donors (Lipinski definition) is 1. The van der Waals surface area contributed by atoms with E-state index >= 15 is 0 Å². The molecule has 0 spiro atoms. The normalized spacial score (nSPS) is 16.5. The van der Waals surface area contributed by atoms with Gasteiger partial charge in [0, 0.05) is 37.8 Å². The maximum Gasteiger partial charge on any atom is 0.258 e. The zero-order valence-electron chi connectivity index (χ0n) is 22.5. The summed E-state index contributed by atoms with van der Waals surface area (Å²) in [6.45, 7) is 8.81. The Kier molecular flexibility index (Phi) is 6.89. The molecule has 2 aliphatic rings. The first-order valence-electron chi connectivity index (χ1n) is 13.0. The van der Waals surface area contributed by atoms with Gasteiger partial charge in [0.25, 0.3) is 5.90 Å². The fraction of sp³-hybridized carbons (Fsp3) is 0.276. The van der Waals surface area contributed by atoms with Gasteiger partial charge in [0.1, 0.15) is 30.1 Å². The molecule has 0 saturated heterocycles. The van der Waals surface area contributed by atoms with E-state index in [1.54, 1.807) is 11.3 Å². The summed E-state index contributed by atoms with van der Waals surface area (Å²) in [5, 5.41) is 17.5. The first kappa shape index (κ1) is 26.2. The molecule has 4 heterocycles. The number of aromatic nitrogens is 3. The van der Waals surface area contributed by atoms with Crippen LogP contribution in [0.15, 0.2) is 52.6 Å². The lowest BCUT2D eigenvalue weighted by atomic mass is 9.99. The van der Waals surface area contributed by atoms with Crippen molar-refractivity contribution in [3.05, 3.63) is 91.8 Å². The fourth-order valence-corrected chi connectivity index (χ4v) is 6.28. The number of nitrogens with zero attached hydrogens (tertiary/aromatic N) is 5. The Morgan fingerprint density at radius 2 is 2.00 bits per heavy atom. The van der Waals surface area contributed by atoms with Gasteiger partial charge in [-0.3, -0.25) is 14.4 Å². The van der Waals surface area contributed by atoms with Crippen LogP contribution in [-0.4, -0.2) is 38.9 Å². The highest BCUT2D eigenvalue weighted by Gasteiger charge is 2.32. The molecule has 2 aliphatic heterocycles. The lowest BCUT2D eigenvalue weighted by Gasteiger charge is -2.13. The third-order valence-electron chi connectivity index (χ3n) is 7.00. The third kappa shape index (κ3) is 4.67. The van der Waals surface area contributed by atoms with Gasteiger partial charge in [-0.1, -0.05) is 23.7 Å². The molecule has 9 nitrogen and oxygen atoms in total. The maximum atomic E-state index is 13.4. The number of halogens is 1. The molecule has 1 amide bonds. The van der Waals surface area contributed by atoms with Crippen LogP contribution in [0.3, 0.4) is 0 Å². The van der Waals surface area contributed by atoms with Gasteiger partial charge in [-0.2, -0.15) is 0 Å². The van der Waals surface area contributed by atoms with E-state index < -0.39 is 6.04 Å². The predicted molar refractivity (Wildman–Crippen MR) is 156 cm³/mol. The number of carbonyl (C=O) groups excluding carboxylic acids is 1. The summed E-state index contributed by atoms with van der Waals surface area (Å²) >= 11 is 7.88. The Morgan fingerprint density at radius 3 is 2.77 bits per heavy atom. The Labute approximate surface area is 240 Å². The number of aryl methyl sites for hydroxylation is 2. The number of anilines is 1. The molecule has 0 unspecified atom stereocenters. The van der Waals surface area contributed by atoms with Gasteiger partial charge >= 0.3 is 0 Å². The molecule has 6 rings (SSSR count). The molecule has 0 aliphatic carbocycles. The van der Waals surface area contributed by atoms with Gasteiger partial charge in [-0.05, 0) is 68.7 Å². The van der Waals surface area contributed by atoms with Crippen LogP contribution in [0.25, 0.3) is 5.00 Å². The minimum atomic E-state index is -0.547. The first-order valence-corrected chi connectivity index (χ1v) is 14.2. The summed E-state index contributed by atoms with van der Waals surface area (Å²) in [6, 6.07) is 12.7. The molecule has 4 aromatic rings. The first-order chi connectivity index (χ1) is 19.3. The van der Waals surface area contributed by atoms with Crippen LogP contribution in [0.1, 0.15) is 63.7 Å². The van der Waals surface area contributed by atoms with Gasteiger partial charge in [0.2, 0.25) is 5.91 Å². The van der Waals surface area contributed by atoms with Crippen molar-refractivity contribution in [2.75, 3.05) is 11.9 Å². The molecular weight excluding hydrogens is 548 g/mol. The second-order valence-corrected chi connectivity index (χ2v) is 11.3. The molecule has 0 radical (unpaired) electrons. The number of rotatable bonds is 6. The minimum absolute atomic E-state index is 0.0901. The zero-order valence-corrected chi connectivity index (χ0v) is 24.1. The number of amides is 1. The number of benzene rings is 2. The summed E-state index contributed by atoms with van der Waals surface area (Å²) in [6.07, 6.45) is 0.0901. The number of aliphatic imine (C=N–C) groups is 1. The summed E-state index contributed by atoms with van der Waals surface area (Å²) < 4.78 is 7.67. The summed E-state index contributed by atoms with van der Waals surface area (Å²) in [5.41, 5.74) is 6.37. The number of fused-ring (bicyclic) bond motifs is 4. The van der Waals surface area contributed by atoms with Gasteiger partial charge in [0.05, 0.1) is 12.1 Å². The minimum Gasteiger partial charge on any atom is -0.470 e. The van der Waals surface area contributed by atoms with E-state index in [2.05, 4.69) is 34.5 Å². The Bertz CT molecular complexity index is 1690. The number of nitrogens with one attached hydrogen (secondary N) is 1. The van der Waals surface area contributed by atoms with E-state index in [1.807, 2.05) is 60.9 Å². The van der Waals surface area contributed by atoms with E-state index in [0.717, 1.165) is 44.4 Å². The van der Waals surface area contributed by atoms with Crippen molar-refractivity contribution < 1.29 is 14.4 Å². The van der Waals surface area contributed by atoms with Crippen molar-refractivity contribution in [2.45, 2.75) is 46.8 Å². The Hall–Kier alpha value is -4.02. The molecule has 0 saturated carbocycles. The smallest absolute Gasteiger partial charge is 0.258 e. The quantitative estimate of drug-likeness (QED) is 0.282. The van der Waals surface area contributed by atoms with E-state index in [1.165, 1.54) is 4.88 Å². The predicted octanol–water partition coefficient (Wildman–Crippen LogP) is 6.06. The molecule has 1 atom stereocenters. The monoisotopic (exact) mass is 574 g/mol. The average Bonchev–Trinajstić information content (AvgIpc) is 3.58. The van der Waals surface area contributed by atoms with Crippen LogP contribution < -0.4 is 5.32 Å². The highest BCUT2D eigenvalue weighted by Crippen LogP contribution is 2.39. The van der Waals surface area contributed by atoms with Crippen molar-refractivity contribution in [1.29, 1.82) is 0 Å². The fourth-order valence-electron chi connectivity index (χ4n) is 4.94. The molecule has 40 heavy (non-hydrogen) atoms. The number of carbonyl (C=O) groups is 1. The lowest BCUT2D eigenvalue weighted by molar-refractivity contribution is -0.116. The molecule has 204 valence electrons. The molecule has 0 bridgehead atoms. The number of oxime groups is 1. The average molecular weight is 575 g/mol. The molecular formula is C29H27ClN6O3S. The largest absolute Gasteiger partial charge is 0.470 e. The topological polar surface area (TPSA) is 103 Å². The van der Waals surface area contributed by atoms with Crippen LogP contribution >= 0.6 is 22.9 Å². The highest BCUT2D eigenvalue weighted by molar-refractivity contribution is 7.15. The number of thiophene rings is 1. The zero-order chi connectivity index (χ0) is 28.0. The number of ether oxygens (including phenoxy) is 1. The SMILES string of the molecule is CCO/N=C1\OCc2cc(NC(=O)C[C@@H]3N=C(c4ccc(Cl)cc4)c4c(sc(C)c4C)-n4c(C)nnc43)ccc21. The van der Waals surface area contributed by atoms with Gasteiger partial charge in [-0.15, -0.1) is 21.5 Å². The van der Waals surface area contributed by atoms with Crippen LogP contribution in [0.5, 0.6) is 0 Å². The maximum absolute atomic E-state index is 13.4. The van der Waals surface area contributed by atoms with Crippen molar-refractivity contribution in [1.82, 2.24) is 14.8 Å². The molecule has 1 N–H and O–H groups in total. The van der Waals surface area contributed by atoms with Crippen molar-refractivity contribution in [2.24, 2.45) is 10.1 Å². The van der Waals surface area contributed by atoms with Crippen molar-refractivity contribution in [3.8, 4) is 5.00 Å². The van der Waals surface area contributed by atoms with Crippen LogP contribution in [-0.2, 0) is 21.0 Å².